The minimum absolute atomic E-state index is 1.21. The molecule has 72 valence electrons. The van der Waals surface area contributed by atoms with Gasteiger partial charge in [0.1, 0.15) is 5.69 Å². The minimum atomic E-state index is 1.21. The SMILES string of the molecule is Cc1cc(C)[n+](C)n1-c1ccccc1. The second-order valence-electron chi connectivity index (χ2n) is 3.60. The maximum atomic E-state index is 2.20. The fraction of sp³-hybridized carbons (Fsp3) is 0.250. The van der Waals surface area contributed by atoms with Gasteiger partial charge in [0.15, 0.2) is 7.05 Å². The summed E-state index contributed by atoms with van der Waals surface area (Å²) in [6.45, 7) is 4.24. The van der Waals surface area contributed by atoms with Gasteiger partial charge < -0.3 is 0 Å². The van der Waals surface area contributed by atoms with E-state index in [1.165, 1.54) is 17.1 Å². The lowest BCUT2D eigenvalue weighted by Crippen LogP contribution is -2.40. The highest BCUT2D eigenvalue weighted by atomic mass is 15.4. The van der Waals surface area contributed by atoms with E-state index in [1.807, 2.05) is 6.07 Å². The van der Waals surface area contributed by atoms with Crippen molar-refractivity contribution in [3.8, 4) is 5.69 Å². The molecule has 0 spiro atoms. The third-order valence-electron chi connectivity index (χ3n) is 2.56. The molecule has 0 fully saturated rings. The van der Waals surface area contributed by atoms with E-state index in [1.54, 1.807) is 0 Å². The second kappa shape index (κ2) is 3.29. The molecule has 0 aliphatic heterocycles. The molecule has 0 atom stereocenters. The molecule has 0 radical (unpaired) electrons. The summed E-state index contributed by atoms with van der Waals surface area (Å²) in [5, 5.41) is 0. The molecule has 2 aromatic rings. The van der Waals surface area contributed by atoms with Crippen LogP contribution in [0.25, 0.3) is 5.69 Å². The van der Waals surface area contributed by atoms with Gasteiger partial charge in [0.2, 0.25) is 5.69 Å². The van der Waals surface area contributed by atoms with E-state index >= 15 is 0 Å². The predicted molar refractivity (Wildman–Crippen MR) is 56.4 cm³/mol. The highest BCUT2D eigenvalue weighted by Crippen LogP contribution is 2.08. The predicted octanol–water partition coefficient (Wildman–Crippen LogP) is 1.92. The number of aromatic nitrogens is 2. The van der Waals surface area contributed by atoms with E-state index in [0.29, 0.717) is 0 Å². The van der Waals surface area contributed by atoms with Crippen molar-refractivity contribution in [3.63, 3.8) is 0 Å². The van der Waals surface area contributed by atoms with Crippen LogP contribution in [0.15, 0.2) is 36.4 Å². The van der Waals surface area contributed by atoms with Gasteiger partial charge in [-0.05, 0) is 19.1 Å². The van der Waals surface area contributed by atoms with Crippen molar-refractivity contribution in [3.05, 3.63) is 47.8 Å². The first-order valence-electron chi connectivity index (χ1n) is 4.81. The molecule has 0 bridgehead atoms. The van der Waals surface area contributed by atoms with Crippen molar-refractivity contribution in [1.82, 2.24) is 4.68 Å². The van der Waals surface area contributed by atoms with E-state index in [-0.39, 0.29) is 0 Å². The smallest absolute Gasteiger partial charge is 0.126 e. The van der Waals surface area contributed by atoms with Crippen LogP contribution in [0.3, 0.4) is 0 Å². The summed E-state index contributed by atoms with van der Waals surface area (Å²) in [6, 6.07) is 12.6. The molecule has 0 aliphatic carbocycles. The van der Waals surface area contributed by atoms with Crippen molar-refractivity contribution in [1.29, 1.82) is 0 Å². The Morgan fingerprint density at radius 1 is 1.07 bits per heavy atom. The zero-order valence-corrected chi connectivity index (χ0v) is 8.86. The highest BCUT2D eigenvalue weighted by molar-refractivity contribution is 5.31. The van der Waals surface area contributed by atoms with Crippen molar-refractivity contribution in [2.75, 3.05) is 0 Å². The lowest BCUT2D eigenvalue weighted by Gasteiger charge is -2.01. The molecule has 2 heteroatoms. The Morgan fingerprint density at radius 3 is 2.21 bits per heavy atom. The molecular formula is C12H15N2+. The molecule has 1 heterocycles. The van der Waals surface area contributed by atoms with Gasteiger partial charge in [-0.15, -0.1) is 9.36 Å². The number of hydrogen-bond donors (Lipinski definition) is 0. The fourth-order valence-corrected chi connectivity index (χ4v) is 1.80. The maximum absolute atomic E-state index is 2.20. The number of rotatable bonds is 1. The lowest BCUT2D eigenvalue weighted by atomic mass is 10.3. The summed E-state index contributed by atoms with van der Waals surface area (Å²) in [7, 11) is 2.08. The van der Waals surface area contributed by atoms with Gasteiger partial charge in [-0.3, -0.25) is 0 Å². The van der Waals surface area contributed by atoms with Crippen LogP contribution in [0.2, 0.25) is 0 Å². The molecular weight excluding hydrogens is 172 g/mol. The van der Waals surface area contributed by atoms with Gasteiger partial charge in [0, 0.05) is 13.0 Å². The van der Waals surface area contributed by atoms with Gasteiger partial charge in [0.05, 0.1) is 5.69 Å². The summed E-state index contributed by atoms with van der Waals surface area (Å²) in [5.74, 6) is 0. The third kappa shape index (κ3) is 1.33. The van der Waals surface area contributed by atoms with Gasteiger partial charge in [-0.25, -0.2) is 0 Å². The fourth-order valence-electron chi connectivity index (χ4n) is 1.80. The van der Waals surface area contributed by atoms with Crippen LogP contribution in [0.4, 0.5) is 0 Å². The maximum Gasteiger partial charge on any atom is 0.205 e. The van der Waals surface area contributed by atoms with Gasteiger partial charge in [-0.1, -0.05) is 18.2 Å². The van der Waals surface area contributed by atoms with Crippen molar-refractivity contribution in [2.45, 2.75) is 13.8 Å². The quantitative estimate of drug-likeness (QED) is 0.603. The van der Waals surface area contributed by atoms with E-state index in [9.17, 15) is 0 Å². The molecule has 0 N–H and O–H groups in total. The summed E-state index contributed by atoms with van der Waals surface area (Å²) >= 11 is 0. The van der Waals surface area contributed by atoms with Crippen LogP contribution in [0, 0.1) is 13.8 Å². The van der Waals surface area contributed by atoms with Crippen LogP contribution >= 0.6 is 0 Å². The third-order valence-corrected chi connectivity index (χ3v) is 2.56. The Bertz CT molecular complexity index is 441. The van der Waals surface area contributed by atoms with Gasteiger partial charge in [0.25, 0.3) is 0 Å². The van der Waals surface area contributed by atoms with E-state index < -0.39 is 0 Å². The average Bonchev–Trinajstić information content (AvgIpc) is 2.43. The number of para-hydroxylation sites is 1. The van der Waals surface area contributed by atoms with Crippen LogP contribution in [0.1, 0.15) is 11.4 Å². The standard InChI is InChI=1S/C12H15N2/c1-10-9-11(2)14(13(10)3)12-7-5-4-6-8-12/h4-9H,1-3H3/q+1. The van der Waals surface area contributed by atoms with Crippen LogP contribution in [-0.4, -0.2) is 4.68 Å². The molecule has 1 aromatic carbocycles. The second-order valence-corrected chi connectivity index (χ2v) is 3.60. The molecule has 2 rings (SSSR count). The van der Waals surface area contributed by atoms with Crippen molar-refractivity contribution < 1.29 is 4.68 Å². The van der Waals surface area contributed by atoms with Crippen LogP contribution in [-0.2, 0) is 7.05 Å². The van der Waals surface area contributed by atoms with E-state index in [0.717, 1.165) is 0 Å². The molecule has 0 saturated heterocycles. The number of nitrogens with zero attached hydrogens (tertiary/aromatic N) is 2. The topological polar surface area (TPSA) is 8.81 Å². The summed E-state index contributed by atoms with van der Waals surface area (Å²) in [5.41, 5.74) is 3.74. The number of benzene rings is 1. The molecule has 2 nitrogen and oxygen atoms in total. The number of aryl methyl sites for hydroxylation is 2. The summed E-state index contributed by atoms with van der Waals surface area (Å²) < 4.78 is 4.36. The zero-order valence-electron chi connectivity index (χ0n) is 8.86. The highest BCUT2D eigenvalue weighted by Gasteiger charge is 2.13. The average molecular weight is 187 g/mol. The van der Waals surface area contributed by atoms with Gasteiger partial charge >= 0.3 is 0 Å². The summed E-state index contributed by atoms with van der Waals surface area (Å²) in [4.78, 5) is 0. The Balaban J connectivity index is 2.62. The molecule has 0 unspecified atom stereocenters. The zero-order chi connectivity index (χ0) is 10.1. The normalized spacial score (nSPS) is 10.5. The first-order valence-corrected chi connectivity index (χ1v) is 4.81. The molecule has 0 aliphatic rings. The van der Waals surface area contributed by atoms with E-state index in [4.69, 9.17) is 0 Å². The number of hydrogen-bond acceptors (Lipinski definition) is 0. The van der Waals surface area contributed by atoms with Crippen molar-refractivity contribution in [2.24, 2.45) is 7.05 Å². The molecule has 0 amide bonds. The van der Waals surface area contributed by atoms with Crippen LogP contribution in [0.5, 0.6) is 0 Å². The van der Waals surface area contributed by atoms with E-state index in [2.05, 4.69) is 60.6 Å². The largest absolute Gasteiger partial charge is 0.205 e. The Kier molecular flexibility index (Phi) is 2.12. The lowest BCUT2D eigenvalue weighted by molar-refractivity contribution is -0.749. The Hall–Kier alpha value is -1.57. The monoisotopic (exact) mass is 187 g/mol. The molecule has 1 aromatic heterocycles. The van der Waals surface area contributed by atoms with Gasteiger partial charge in [-0.2, -0.15) is 0 Å². The first-order chi connectivity index (χ1) is 6.70. The Morgan fingerprint density at radius 2 is 1.71 bits per heavy atom. The molecule has 0 saturated carbocycles. The van der Waals surface area contributed by atoms with Crippen molar-refractivity contribution >= 4 is 0 Å². The Labute approximate surface area is 84.4 Å². The molecule has 14 heavy (non-hydrogen) atoms. The minimum Gasteiger partial charge on any atom is -0.126 e. The van der Waals surface area contributed by atoms with Crippen LogP contribution < -0.4 is 4.68 Å². The summed E-state index contributed by atoms with van der Waals surface area (Å²) in [6.07, 6.45) is 0. The first kappa shape index (κ1) is 9.00.